The lowest BCUT2D eigenvalue weighted by Crippen LogP contribution is -2.39. The van der Waals surface area contributed by atoms with E-state index < -0.39 is 0 Å². The van der Waals surface area contributed by atoms with E-state index in [1.165, 1.54) is 0 Å². The molecule has 2 aromatic heterocycles. The van der Waals surface area contributed by atoms with Crippen molar-refractivity contribution in [3.05, 3.63) is 23.9 Å². The normalized spacial score (nSPS) is 12.0. The first kappa shape index (κ1) is 22.3. The number of nitrogens with one attached hydrogen (secondary N) is 2. The topological polar surface area (TPSA) is 106 Å². The van der Waals surface area contributed by atoms with Gasteiger partial charge in [-0.15, -0.1) is 34.2 Å². The van der Waals surface area contributed by atoms with E-state index in [4.69, 9.17) is 4.52 Å². The van der Waals surface area contributed by atoms with Crippen LogP contribution in [-0.2, 0) is 24.9 Å². The Labute approximate surface area is 171 Å². The van der Waals surface area contributed by atoms with Gasteiger partial charge in [-0.2, -0.15) is 4.98 Å². The summed E-state index contributed by atoms with van der Waals surface area (Å²) < 4.78 is 7.32. The summed E-state index contributed by atoms with van der Waals surface area (Å²) in [6.45, 7) is 12.8. The fourth-order valence-corrected chi connectivity index (χ4v) is 2.15. The van der Waals surface area contributed by atoms with Crippen LogP contribution in [0.1, 0.15) is 52.2 Å². The summed E-state index contributed by atoms with van der Waals surface area (Å²) in [6, 6.07) is 0. The molecule has 0 aliphatic heterocycles. The Hall–Kier alpha value is -1.72. The summed E-state index contributed by atoms with van der Waals surface area (Å²) in [5.41, 5.74) is -0.159. The molecule has 0 unspecified atom stereocenters. The van der Waals surface area contributed by atoms with Gasteiger partial charge in [-0.05, 0) is 6.92 Å². The lowest BCUT2D eigenvalue weighted by molar-refractivity contribution is 0.318. The Morgan fingerprint density at radius 2 is 2.04 bits per heavy atom. The summed E-state index contributed by atoms with van der Waals surface area (Å²) in [5.74, 6) is 2.89. The smallest absolute Gasteiger partial charge is 0.232 e. The van der Waals surface area contributed by atoms with Gasteiger partial charge < -0.3 is 19.7 Å². The molecule has 9 nitrogen and oxygen atoms in total. The molecule has 2 aromatic rings. The molecule has 0 aromatic carbocycles. The second kappa shape index (κ2) is 10.4. The van der Waals surface area contributed by atoms with Crippen LogP contribution in [0.3, 0.4) is 0 Å². The zero-order chi connectivity index (χ0) is 18.3. The fraction of sp³-hybridized carbons (Fsp3) is 0.688. The number of aryl methyl sites for hydroxylation is 1. The maximum absolute atomic E-state index is 5.29. The third kappa shape index (κ3) is 6.54. The lowest BCUT2D eigenvalue weighted by atomic mass is 9.97. The Balaban J connectivity index is 0.00000338. The third-order valence-corrected chi connectivity index (χ3v) is 3.49. The van der Waals surface area contributed by atoms with Gasteiger partial charge in [0.05, 0.1) is 0 Å². The molecule has 2 rings (SSSR count). The Morgan fingerprint density at radius 1 is 1.27 bits per heavy atom. The van der Waals surface area contributed by atoms with Crippen LogP contribution in [0.5, 0.6) is 0 Å². The van der Waals surface area contributed by atoms with Crippen LogP contribution < -0.4 is 10.6 Å². The largest absolute Gasteiger partial charge is 0.357 e. The number of hydrogen-bond acceptors (Lipinski definition) is 6. The number of guanidine groups is 1. The second-order valence-corrected chi connectivity index (χ2v) is 6.68. The number of aliphatic imine (C=N–C) groups is 1. The van der Waals surface area contributed by atoms with Crippen LogP contribution in [-0.4, -0.2) is 44.0 Å². The monoisotopic (exact) mass is 476 g/mol. The van der Waals surface area contributed by atoms with Gasteiger partial charge in [0.2, 0.25) is 5.89 Å². The van der Waals surface area contributed by atoms with E-state index in [-0.39, 0.29) is 29.4 Å². The van der Waals surface area contributed by atoms with Crippen LogP contribution >= 0.6 is 24.0 Å². The molecule has 0 saturated carbocycles. The summed E-state index contributed by atoms with van der Waals surface area (Å²) in [5, 5.41) is 18.5. The van der Waals surface area contributed by atoms with E-state index in [0.717, 1.165) is 37.8 Å². The molecule has 0 aliphatic rings. The molecule has 2 N–H and O–H groups in total. The van der Waals surface area contributed by atoms with Crippen molar-refractivity contribution < 1.29 is 4.52 Å². The first-order chi connectivity index (χ1) is 11.9. The predicted molar refractivity (Wildman–Crippen MR) is 111 cm³/mol. The highest BCUT2D eigenvalue weighted by atomic mass is 127. The molecule has 10 heteroatoms. The molecule has 146 valence electrons. The average molecular weight is 476 g/mol. The zero-order valence-electron chi connectivity index (χ0n) is 16.1. The number of hydrogen-bond donors (Lipinski definition) is 2. The van der Waals surface area contributed by atoms with Gasteiger partial charge in [-0.1, -0.05) is 32.9 Å². The van der Waals surface area contributed by atoms with Crippen molar-refractivity contribution in [2.45, 2.75) is 59.5 Å². The Bertz CT molecular complexity index is 688. The number of nitrogens with zero attached hydrogens (tertiary/aromatic N) is 6. The zero-order valence-corrected chi connectivity index (χ0v) is 18.4. The van der Waals surface area contributed by atoms with Crippen molar-refractivity contribution in [1.29, 1.82) is 0 Å². The average Bonchev–Trinajstić information content (AvgIpc) is 3.21. The van der Waals surface area contributed by atoms with Crippen LogP contribution in [0, 0.1) is 0 Å². The summed E-state index contributed by atoms with van der Waals surface area (Å²) >= 11 is 0. The van der Waals surface area contributed by atoms with Gasteiger partial charge in [-0.3, -0.25) is 0 Å². The first-order valence-electron chi connectivity index (χ1n) is 8.66. The highest BCUT2D eigenvalue weighted by Gasteiger charge is 2.21. The van der Waals surface area contributed by atoms with Gasteiger partial charge in [0.15, 0.2) is 11.8 Å². The molecule has 0 atom stereocenters. The second-order valence-electron chi connectivity index (χ2n) is 6.68. The molecule has 0 spiro atoms. The number of rotatable bonds is 7. The molecule has 0 radical (unpaired) electrons. The van der Waals surface area contributed by atoms with Gasteiger partial charge in [0, 0.05) is 31.5 Å². The van der Waals surface area contributed by atoms with Gasteiger partial charge in [0.25, 0.3) is 0 Å². The van der Waals surface area contributed by atoms with Crippen LogP contribution in [0.2, 0.25) is 0 Å². The Morgan fingerprint density at radius 3 is 2.65 bits per heavy atom. The molecule has 0 fully saturated rings. The first-order valence-corrected chi connectivity index (χ1v) is 8.66. The van der Waals surface area contributed by atoms with Crippen LogP contribution in [0.25, 0.3) is 0 Å². The van der Waals surface area contributed by atoms with Crippen LogP contribution in [0.15, 0.2) is 15.8 Å². The van der Waals surface area contributed by atoms with Crippen molar-refractivity contribution in [3.63, 3.8) is 0 Å². The number of halogens is 1. The van der Waals surface area contributed by atoms with E-state index >= 15 is 0 Å². The van der Waals surface area contributed by atoms with E-state index in [2.05, 4.69) is 42.9 Å². The summed E-state index contributed by atoms with van der Waals surface area (Å²) in [4.78, 5) is 8.91. The van der Waals surface area contributed by atoms with Gasteiger partial charge >= 0.3 is 0 Å². The third-order valence-electron chi connectivity index (χ3n) is 3.49. The van der Waals surface area contributed by atoms with Gasteiger partial charge in [-0.25, -0.2) is 4.99 Å². The van der Waals surface area contributed by atoms with Crippen molar-refractivity contribution in [2.75, 3.05) is 13.1 Å². The van der Waals surface area contributed by atoms with Crippen molar-refractivity contribution in [2.24, 2.45) is 4.99 Å². The quantitative estimate of drug-likeness (QED) is 0.357. The molecule has 0 aliphatic carbocycles. The van der Waals surface area contributed by atoms with E-state index in [9.17, 15) is 0 Å². The lowest BCUT2D eigenvalue weighted by Gasteiger charge is -2.12. The summed E-state index contributed by atoms with van der Waals surface area (Å²) in [6.07, 6.45) is 2.61. The van der Waals surface area contributed by atoms with E-state index in [1.54, 1.807) is 6.33 Å². The van der Waals surface area contributed by atoms with Gasteiger partial charge in [0.1, 0.15) is 18.7 Å². The van der Waals surface area contributed by atoms with Crippen molar-refractivity contribution in [3.8, 4) is 0 Å². The minimum absolute atomic E-state index is 0. The highest BCUT2D eigenvalue weighted by molar-refractivity contribution is 14.0. The SMILES string of the molecule is CCNC(=NCc1noc(C(C)(C)C)n1)NCCn1cnnc1CC.I. The van der Waals surface area contributed by atoms with E-state index in [1.807, 2.05) is 32.3 Å². The molecule has 2 heterocycles. The molecular weight excluding hydrogens is 447 g/mol. The molecular formula is C16H29IN8O. The Kier molecular flexibility index (Phi) is 8.96. The van der Waals surface area contributed by atoms with Crippen molar-refractivity contribution >= 4 is 29.9 Å². The summed E-state index contributed by atoms with van der Waals surface area (Å²) in [7, 11) is 0. The number of aromatic nitrogens is 5. The highest BCUT2D eigenvalue weighted by Crippen LogP contribution is 2.19. The van der Waals surface area contributed by atoms with Crippen molar-refractivity contribution in [1.82, 2.24) is 35.5 Å². The minimum Gasteiger partial charge on any atom is -0.357 e. The maximum Gasteiger partial charge on any atom is 0.232 e. The predicted octanol–water partition coefficient (Wildman–Crippen LogP) is 1.89. The van der Waals surface area contributed by atoms with Crippen LogP contribution in [0.4, 0.5) is 0 Å². The maximum atomic E-state index is 5.29. The standard InChI is InChI=1S/C16H28N8O.HI/c1-6-13-22-20-11-24(13)9-8-18-15(17-7-2)19-10-12-21-14(25-23-12)16(3,4)5;/h11H,6-10H2,1-5H3,(H2,17,18,19);1H. The van der Waals surface area contributed by atoms with E-state index in [0.29, 0.717) is 18.3 Å². The molecule has 0 bridgehead atoms. The fourth-order valence-electron chi connectivity index (χ4n) is 2.15. The molecule has 0 amide bonds. The molecule has 26 heavy (non-hydrogen) atoms. The minimum atomic E-state index is -0.159. The molecule has 0 saturated heterocycles.